The summed E-state index contributed by atoms with van der Waals surface area (Å²) in [4.78, 5) is 84.6. The first-order valence-electron chi connectivity index (χ1n) is 22.3. The standard InChI is InChI=1S/C50H63N3O9/c1-31(2)39(29-47(57)61-5)49(59)51-25-7-9-43(51)45(55)27-33-11-15-35(16-12-33)41-23-24-42(53(41)37-19-21-38(54)22-20-37)36-17-13-34(14-18-36)28-46(56)44-10-8-26-52(44)50(60)40(32(3)4)30-48(58)62-6/h11-22,31-32,39-44,54H,7-10,23-30H2,1-6H3/t39-,40-,41?,42?,43-,44-/m0/s1. The van der Waals surface area contributed by atoms with Gasteiger partial charge in [0.2, 0.25) is 11.8 Å². The smallest absolute Gasteiger partial charge is 0.306 e. The molecule has 0 radical (unpaired) electrons. The van der Waals surface area contributed by atoms with E-state index in [2.05, 4.69) is 29.2 Å². The molecule has 3 aromatic rings. The number of amides is 2. The molecule has 0 spiro atoms. The number of carbonyl (C=O) groups excluding carboxylic acids is 6. The molecule has 3 heterocycles. The van der Waals surface area contributed by atoms with Gasteiger partial charge in [-0.25, -0.2) is 0 Å². The van der Waals surface area contributed by atoms with E-state index in [1.165, 1.54) is 14.2 Å². The van der Waals surface area contributed by atoms with Crippen molar-refractivity contribution in [3.05, 3.63) is 95.1 Å². The summed E-state index contributed by atoms with van der Waals surface area (Å²) < 4.78 is 9.70. The van der Waals surface area contributed by atoms with Crippen molar-refractivity contribution < 1.29 is 43.3 Å². The van der Waals surface area contributed by atoms with Crippen LogP contribution in [0.15, 0.2) is 72.8 Å². The van der Waals surface area contributed by atoms with Crippen molar-refractivity contribution in [2.24, 2.45) is 23.7 Å². The van der Waals surface area contributed by atoms with E-state index in [-0.39, 0.29) is 78.7 Å². The molecule has 3 fully saturated rings. The van der Waals surface area contributed by atoms with Crippen LogP contribution in [0.4, 0.5) is 5.69 Å². The third-order valence-electron chi connectivity index (χ3n) is 13.3. The summed E-state index contributed by atoms with van der Waals surface area (Å²) in [5.74, 6) is -2.26. The summed E-state index contributed by atoms with van der Waals surface area (Å²) >= 11 is 0. The highest BCUT2D eigenvalue weighted by molar-refractivity contribution is 5.93. The third kappa shape index (κ3) is 10.6. The number of carbonyl (C=O) groups is 6. The first-order valence-corrected chi connectivity index (χ1v) is 22.3. The van der Waals surface area contributed by atoms with Crippen LogP contribution >= 0.6 is 0 Å². The number of phenolic OH excluding ortho intramolecular Hbond substituents is 1. The number of hydrogen-bond donors (Lipinski definition) is 1. The Hall–Kier alpha value is -5.52. The van der Waals surface area contributed by atoms with Crippen LogP contribution in [0.1, 0.15) is 113 Å². The minimum Gasteiger partial charge on any atom is -0.508 e. The summed E-state index contributed by atoms with van der Waals surface area (Å²) in [6.07, 6.45) is 4.80. The Kier molecular flexibility index (Phi) is 15.3. The summed E-state index contributed by atoms with van der Waals surface area (Å²) in [6.45, 7) is 8.63. The molecular formula is C50H63N3O9. The molecule has 3 saturated heterocycles. The molecule has 62 heavy (non-hydrogen) atoms. The highest BCUT2D eigenvalue weighted by atomic mass is 16.5. The average molecular weight is 850 g/mol. The van der Waals surface area contributed by atoms with E-state index < -0.39 is 35.9 Å². The number of ketones is 2. The molecular weight excluding hydrogens is 787 g/mol. The quantitative estimate of drug-likeness (QED) is 0.137. The van der Waals surface area contributed by atoms with Crippen LogP contribution in [0.2, 0.25) is 0 Å². The number of Topliss-reactive ketones (excluding diaryl/α,β-unsaturated/α-hetero) is 2. The minimum atomic E-state index is -0.541. The van der Waals surface area contributed by atoms with Gasteiger partial charge in [-0.2, -0.15) is 0 Å². The molecule has 12 nitrogen and oxygen atoms in total. The van der Waals surface area contributed by atoms with Crippen molar-refractivity contribution in [3.63, 3.8) is 0 Å². The number of anilines is 1. The fourth-order valence-corrected chi connectivity index (χ4v) is 9.70. The van der Waals surface area contributed by atoms with Crippen molar-refractivity contribution in [1.29, 1.82) is 0 Å². The molecule has 3 aliphatic heterocycles. The Labute approximate surface area is 365 Å². The predicted molar refractivity (Wildman–Crippen MR) is 235 cm³/mol. The highest BCUT2D eigenvalue weighted by Gasteiger charge is 2.41. The van der Waals surface area contributed by atoms with Crippen LogP contribution in [0.3, 0.4) is 0 Å². The predicted octanol–water partition coefficient (Wildman–Crippen LogP) is 7.35. The normalized spacial score (nSPS) is 21.0. The molecule has 6 atom stereocenters. The Bertz CT molecular complexity index is 1940. The van der Waals surface area contributed by atoms with Crippen LogP contribution in [0.25, 0.3) is 0 Å². The maximum absolute atomic E-state index is 13.7. The zero-order valence-corrected chi connectivity index (χ0v) is 37.1. The molecule has 12 heteroatoms. The largest absolute Gasteiger partial charge is 0.508 e. The zero-order chi connectivity index (χ0) is 44.7. The number of rotatable bonds is 17. The van der Waals surface area contributed by atoms with Crippen molar-refractivity contribution in [1.82, 2.24) is 9.80 Å². The maximum Gasteiger partial charge on any atom is 0.306 e. The summed E-state index contributed by atoms with van der Waals surface area (Å²) in [6, 6.07) is 22.5. The van der Waals surface area contributed by atoms with E-state index >= 15 is 0 Å². The lowest BCUT2D eigenvalue weighted by Crippen LogP contribution is -2.45. The molecule has 0 aromatic heterocycles. The van der Waals surface area contributed by atoms with Gasteiger partial charge in [-0.05, 0) is 96.9 Å². The van der Waals surface area contributed by atoms with Gasteiger partial charge in [0.05, 0.1) is 63.1 Å². The van der Waals surface area contributed by atoms with Crippen LogP contribution < -0.4 is 4.90 Å². The Morgan fingerprint density at radius 3 is 1.32 bits per heavy atom. The van der Waals surface area contributed by atoms with Gasteiger partial charge in [-0.1, -0.05) is 76.2 Å². The van der Waals surface area contributed by atoms with Gasteiger partial charge in [0.25, 0.3) is 0 Å². The Morgan fingerprint density at radius 1 is 0.581 bits per heavy atom. The number of methoxy groups -OCH3 is 2. The van der Waals surface area contributed by atoms with Gasteiger partial charge in [0.15, 0.2) is 11.6 Å². The van der Waals surface area contributed by atoms with E-state index in [4.69, 9.17) is 9.47 Å². The second-order valence-corrected chi connectivity index (χ2v) is 17.9. The SMILES string of the molecule is COC(=O)C[C@H](C(=O)N1CCC[C@H]1C(=O)Cc1ccc(C2CCC(c3ccc(CC(=O)[C@@H]4CCCN4C(=O)[C@@H](CC(=O)OC)C(C)C)cc3)N2c2ccc(O)cc2)cc1)C(C)C. The average Bonchev–Trinajstić information content (AvgIpc) is 4.06. The fraction of sp³-hybridized carbons (Fsp3) is 0.520. The van der Waals surface area contributed by atoms with Gasteiger partial charge in [-0.3, -0.25) is 28.8 Å². The first kappa shape index (κ1) is 46.0. The van der Waals surface area contributed by atoms with E-state index in [1.807, 2.05) is 64.1 Å². The first-order chi connectivity index (χ1) is 29.7. The zero-order valence-electron chi connectivity index (χ0n) is 37.1. The lowest BCUT2D eigenvalue weighted by Gasteiger charge is -2.33. The number of aromatic hydroxyl groups is 1. The van der Waals surface area contributed by atoms with Gasteiger partial charge < -0.3 is 29.3 Å². The number of esters is 2. The fourth-order valence-electron chi connectivity index (χ4n) is 9.70. The van der Waals surface area contributed by atoms with Gasteiger partial charge in [0, 0.05) is 31.6 Å². The third-order valence-corrected chi connectivity index (χ3v) is 13.3. The molecule has 3 aliphatic rings. The van der Waals surface area contributed by atoms with Crippen molar-refractivity contribution in [3.8, 4) is 5.75 Å². The summed E-state index contributed by atoms with van der Waals surface area (Å²) in [5.41, 5.74) is 4.90. The van der Waals surface area contributed by atoms with Crippen molar-refractivity contribution in [2.75, 3.05) is 32.2 Å². The van der Waals surface area contributed by atoms with E-state index in [0.29, 0.717) is 25.9 Å². The summed E-state index contributed by atoms with van der Waals surface area (Å²) in [5, 5.41) is 10.2. The molecule has 0 saturated carbocycles. The van der Waals surface area contributed by atoms with Crippen LogP contribution in [-0.4, -0.2) is 89.6 Å². The molecule has 0 bridgehead atoms. The van der Waals surface area contributed by atoms with Crippen LogP contribution in [0.5, 0.6) is 5.75 Å². The maximum atomic E-state index is 13.7. The molecule has 1 N–H and O–H groups in total. The molecule has 0 aliphatic carbocycles. The van der Waals surface area contributed by atoms with Gasteiger partial charge >= 0.3 is 11.9 Å². The molecule has 6 rings (SSSR count). The second-order valence-electron chi connectivity index (χ2n) is 17.9. The Morgan fingerprint density at radius 2 is 0.968 bits per heavy atom. The lowest BCUT2D eigenvalue weighted by molar-refractivity contribution is -0.149. The monoisotopic (exact) mass is 849 g/mol. The van der Waals surface area contributed by atoms with Gasteiger partial charge in [-0.15, -0.1) is 0 Å². The topological polar surface area (TPSA) is 151 Å². The molecule has 2 unspecified atom stereocenters. The van der Waals surface area contributed by atoms with Crippen molar-refractivity contribution >= 4 is 41.0 Å². The number of hydrogen-bond acceptors (Lipinski definition) is 10. The number of nitrogens with zero attached hydrogens (tertiary/aromatic N) is 3. The number of benzene rings is 3. The van der Waals surface area contributed by atoms with E-state index in [1.54, 1.807) is 21.9 Å². The lowest BCUT2D eigenvalue weighted by atomic mass is 9.90. The van der Waals surface area contributed by atoms with Crippen molar-refractivity contribution in [2.45, 2.75) is 116 Å². The number of phenols is 1. The number of ether oxygens (including phenoxy) is 2. The minimum absolute atomic E-state index is 0.00736. The number of likely N-dealkylation sites (tertiary alicyclic amines) is 2. The van der Waals surface area contributed by atoms with Crippen LogP contribution in [-0.2, 0) is 51.1 Å². The summed E-state index contributed by atoms with van der Waals surface area (Å²) in [7, 11) is 2.63. The molecule has 3 aromatic carbocycles. The Balaban J connectivity index is 1.13. The van der Waals surface area contributed by atoms with E-state index in [0.717, 1.165) is 53.6 Å². The van der Waals surface area contributed by atoms with E-state index in [9.17, 15) is 33.9 Å². The van der Waals surface area contributed by atoms with Gasteiger partial charge in [0.1, 0.15) is 5.75 Å². The second kappa shape index (κ2) is 20.6. The highest BCUT2D eigenvalue weighted by Crippen LogP contribution is 2.47. The van der Waals surface area contributed by atoms with Crippen LogP contribution in [0, 0.1) is 23.7 Å². The molecule has 332 valence electrons. The molecule has 2 amide bonds.